The third-order valence-corrected chi connectivity index (χ3v) is 14.8. The third-order valence-electron chi connectivity index (χ3n) is 14.8. The lowest BCUT2D eigenvalue weighted by Gasteiger charge is -2.18. The summed E-state index contributed by atoms with van der Waals surface area (Å²) in [6.45, 7) is 0. The van der Waals surface area contributed by atoms with Gasteiger partial charge in [0.05, 0.1) is 22.1 Å². The number of rotatable bonds is 9. The number of aromatic nitrogens is 2. The van der Waals surface area contributed by atoms with E-state index in [4.69, 9.17) is 0 Å². The fourth-order valence-corrected chi connectivity index (χ4v) is 11.3. The topological polar surface area (TPSA) is 9.86 Å². The van der Waals surface area contributed by atoms with Crippen LogP contribution in [0.2, 0.25) is 0 Å². The van der Waals surface area contributed by atoms with Crippen molar-refractivity contribution in [3.8, 4) is 89.3 Å². The van der Waals surface area contributed by atoms with E-state index in [0.717, 1.165) is 44.8 Å². The first-order valence-electron chi connectivity index (χ1n) is 25.5. The van der Waals surface area contributed by atoms with E-state index in [9.17, 15) is 0 Å². The van der Waals surface area contributed by atoms with Crippen molar-refractivity contribution in [2.24, 2.45) is 0 Å². The van der Waals surface area contributed by atoms with E-state index >= 15 is 0 Å². The molecule has 346 valence electrons. The van der Waals surface area contributed by atoms with Crippen molar-refractivity contribution in [3.05, 3.63) is 291 Å². The summed E-state index contributed by atoms with van der Waals surface area (Å²) < 4.78 is 4.92. The molecular formula is C72H48N2. The van der Waals surface area contributed by atoms with Gasteiger partial charge in [-0.05, 0) is 175 Å². The summed E-state index contributed by atoms with van der Waals surface area (Å²) in [6, 6.07) is 107. The summed E-state index contributed by atoms with van der Waals surface area (Å²) >= 11 is 0. The monoisotopic (exact) mass is 940 g/mol. The highest BCUT2D eigenvalue weighted by molar-refractivity contribution is 6.11. The van der Waals surface area contributed by atoms with Gasteiger partial charge in [0.15, 0.2) is 0 Å². The largest absolute Gasteiger partial charge is 0.309 e. The molecule has 0 saturated carbocycles. The Morgan fingerprint density at radius 1 is 0.149 bits per heavy atom. The second-order valence-corrected chi connectivity index (χ2v) is 19.3. The zero-order valence-electron chi connectivity index (χ0n) is 40.6. The van der Waals surface area contributed by atoms with Gasteiger partial charge in [0.1, 0.15) is 0 Å². The SMILES string of the molecule is c1ccc(-c2cc(-c3ccccc3)cc(-c3cc(-c4cc(-c5ccccc5)cc(-c5ccccc5)c4)cc(-c4cc(-n5c6ccccc6c6ccccc65)cc(-n5c6ccccc6c6ccccc65)c4)c3)c2)cc1. The highest BCUT2D eigenvalue weighted by atomic mass is 15.0. The molecule has 14 aromatic rings. The summed E-state index contributed by atoms with van der Waals surface area (Å²) in [5.41, 5.74) is 23.1. The molecule has 0 aliphatic rings. The zero-order valence-corrected chi connectivity index (χ0v) is 40.6. The molecule has 0 amide bonds. The Balaban J connectivity index is 1.08. The van der Waals surface area contributed by atoms with Crippen molar-refractivity contribution in [1.29, 1.82) is 0 Å². The smallest absolute Gasteiger partial charge is 0.0541 e. The van der Waals surface area contributed by atoms with Crippen LogP contribution in [0.15, 0.2) is 291 Å². The van der Waals surface area contributed by atoms with E-state index in [1.807, 2.05) is 0 Å². The minimum atomic E-state index is 1.10. The van der Waals surface area contributed by atoms with Gasteiger partial charge in [-0.3, -0.25) is 0 Å². The minimum absolute atomic E-state index is 1.10. The van der Waals surface area contributed by atoms with Crippen LogP contribution in [0.1, 0.15) is 0 Å². The molecule has 0 aliphatic heterocycles. The molecule has 2 aromatic heterocycles. The summed E-state index contributed by atoms with van der Waals surface area (Å²) in [4.78, 5) is 0. The summed E-state index contributed by atoms with van der Waals surface area (Å²) in [5.74, 6) is 0. The number of nitrogens with zero attached hydrogens (tertiary/aromatic N) is 2. The van der Waals surface area contributed by atoms with E-state index in [1.165, 1.54) is 88.1 Å². The number of hydrogen-bond acceptors (Lipinski definition) is 0. The van der Waals surface area contributed by atoms with Gasteiger partial charge in [-0.15, -0.1) is 0 Å². The Kier molecular flexibility index (Phi) is 10.6. The van der Waals surface area contributed by atoms with E-state index in [-0.39, 0.29) is 0 Å². The van der Waals surface area contributed by atoms with E-state index in [0.29, 0.717) is 0 Å². The van der Waals surface area contributed by atoms with Crippen molar-refractivity contribution in [1.82, 2.24) is 9.13 Å². The Bertz CT molecular complexity index is 3890. The van der Waals surface area contributed by atoms with Gasteiger partial charge in [-0.25, -0.2) is 0 Å². The van der Waals surface area contributed by atoms with Crippen LogP contribution in [-0.4, -0.2) is 9.13 Å². The molecule has 2 heteroatoms. The van der Waals surface area contributed by atoms with Gasteiger partial charge in [0.25, 0.3) is 0 Å². The van der Waals surface area contributed by atoms with Crippen molar-refractivity contribution in [2.75, 3.05) is 0 Å². The number of hydrogen-bond donors (Lipinski definition) is 0. The molecule has 0 radical (unpaired) electrons. The molecule has 0 unspecified atom stereocenters. The van der Waals surface area contributed by atoms with Gasteiger partial charge in [-0.2, -0.15) is 0 Å². The fraction of sp³-hybridized carbons (Fsp3) is 0. The van der Waals surface area contributed by atoms with Gasteiger partial charge in [0, 0.05) is 32.9 Å². The van der Waals surface area contributed by atoms with Crippen molar-refractivity contribution < 1.29 is 0 Å². The average molecular weight is 941 g/mol. The molecule has 0 bridgehead atoms. The molecule has 2 nitrogen and oxygen atoms in total. The minimum Gasteiger partial charge on any atom is -0.309 e. The Hall–Kier alpha value is -9.76. The van der Waals surface area contributed by atoms with Gasteiger partial charge < -0.3 is 9.13 Å². The summed E-state index contributed by atoms with van der Waals surface area (Å²) in [7, 11) is 0. The molecule has 0 fully saturated rings. The quantitative estimate of drug-likeness (QED) is 0.136. The van der Waals surface area contributed by atoms with Crippen LogP contribution in [-0.2, 0) is 0 Å². The average Bonchev–Trinajstić information content (AvgIpc) is 4.01. The van der Waals surface area contributed by atoms with Crippen LogP contribution < -0.4 is 0 Å². The molecule has 0 spiro atoms. The highest BCUT2D eigenvalue weighted by Gasteiger charge is 2.19. The molecule has 0 N–H and O–H groups in total. The molecule has 0 atom stereocenters. The Labute approximate surface area is 431 Å². The molecule has 14 rings (SSSR count). The first-order valence-corrected chi connectivity index (χ1v) is 25.5. The molecule has 0 saturated heterocycles. The lowest BCUT2D eigenvalue weighted by Crippen LogP contribution is -2.00. The maximum Gasteiger partial charge on any atom is 0.0541 e. The molecule has 2 heterocycles. The predicted molar refractivity (Wildman–Crippen MR) is 313 cm³/mol. The predicted octanol–water partition coefficient (Wildman–Crippen LogP) is 19.5. The van der Waals surface area contributed by atoms with Crippen LogP contribution >= 0.6 is 0 Å². The van der Waals surface area contributed by atoms with Crippen LogP contribution in [0.25, 0.3) is 133 Å². The van der Waals surface area contributed by atoms with Crippen LogP contribution in [0.4, 0.5) is 0 Å². The van der Waals surface area contributed by atoms with Crippen molar-refractivity contribution in [2.45, 2.75) is 0 Å². The van der Waals surface area contributed by atoms with E-state index in [1.54, 1.807) is 0 Å². The Morgan fingerprint density at radius 2 is 0.338 bits per heavy atom. The molecular weight excluding hydrogens is 893 g/mol. The summed E-state index contributed by atoms with van der Waals surface area (Å²) in [6.07, 6.45) is 0. The normalized spacial score (nSPS) is 11.5. The lowest BCUT2D eigenvalue weighted by molar-refractivity contribution is 1.13. The van der Waals surface area contributed by atoms with Crippen molar-refractivity contribution >= 4 is 43.6 Å². The number of fused-ring (bicyclic) bond motifs is 6. The van der Waals surface area contributed by atoms with Crippen LogP contribution in [0.3, 0.4) is 0 Å². The standard InChI is InChI=1S/C72H48N2/c1-5-21-49(22-6-1)53-37-54(50-23-7-2-8-24-50)40-57(39-53)59-43-60(58-41-55(51-25-9-3-10-26-51)38-56(42-58)52-27-11-4-12-28-52)45-61(44-59)62-46-63(73-69-33-17-13-29-65(69)66-30-14-18-34-70(66)73)48-64(47-62)74-71-35-19-15-31-67(71)68-32-16-20-36-72(68)74/h1-48H. The second-order valence-electron chi connectivity index (χ2n) is 19.3. The third kappa shape index (κ3) is 7.69. The van der Waals surface area contributed by atoms with Crippen LogP contribution in [0.5, 0.6) is 0 Å². The maximum atomic E-state index is 2.46. The van der Waals surface area contributed by atoms with Crippen molar-refractivity contribution in [3.63, 3.8) is 0 Å². The first-order chi connectivity index (χ1) is 36.7. The van der Waals surface area contributed by atoms with Gasteiger partial charge >= 0.3 is 0 Å². The first kappa shape index (κ1) is 43.1. The zero-order chi connectivity index (χ0) is 49.0. The van der Waals surface area contributed by atoms with E-state index < -0.39 is 0 Å². The highest BCUT2D eigenvalue weighted by Crippen LogP contribution is 2.43. The van der Waals surface area contributed by atoms with Gasteiger partial charge in [-0.1, -0.05) is 194 Å². The summed E-state index contributed by atoms with van der Waals surface area (Å²) in [5, 5.41) is 4.93. The van der Waals surface area contributed by atoms with Crippen LogP contribution in [0, 0.1) is 0 Å². The number of para-hydroxylation sites is 4. The number of benzene rings is 12. The molecule has 74 heavy (non-hydrogen) atoms. The molecule has 12 aromatic carbocycles. The Morgan fingerprint density at radius 3 is 0.581 bits per heavy atom. The lowest BCUT2D eigenvalue weighted by atomic mass is 9.88. The van der Waals surface area contributed by atoms with E-state index in [2.05, 4.69) is 300 Å². The van der Waals surface area contributed by atoms with Gasteiger partial charge in [0.2, 0.25) is 0 Å². The molecule has 0 aliphatic carbocycles. The fourth-order valence-electron chi connectivity index (χ4n) is 11.3. The maximum absolute atomic E-state index is 2.46. The second kappa shape index (κ2) is 18.1.